The lowest BCUT2D eigenvalue weighted by Crippen LogP contribution is -2.51. The third kappa shape index (κ3) is 3.01. The van der Waals surface area contributed by atoms with Gasteiger partial charge < -0.3 is 10.2 Å². The molecular weight excluding hydrogens is 316 g/mol. The van der Waals surface area contributed by atoms with E-state index in [1.807, 2.05) is 0 Å². The Balaban J connectivity index is 3.14. The SMILES string of the molecule is Cn1nnc(Br)c1S(=O)(=O)NC(C)(CO)CO. The molecule has 8 nitrogen and oxygen atoms in total. The molecule has 0 amide bonds. The van der Waals surface area contributed by atoms with Gasteiger partial charge in [0.2, 0.25) is 5.03 Å². The van der Waals surface area contributed by atoms with Crippen molar-refractivity contribution < 1.29 is 18.6 Å². The van der Waals surface area contributed by atoms with Crippen molar-refractivity contribution in [3.8, 4) is 0 Å². The zero-order valence-electron chi connectivity index (χ0n) is 9.25. The average molecular weight is 329 g/mol. The molecule has 0 saturated carbocycles. The van der Waals surface area contributed by atoms with Gasteiger partial charge >= 0.3 is 0 Å². The van der Waals surface area contributed by atoms with E-state index in [-0.39, 0.29) is 9.63 Å². The second-order valence-electron chi connectivity index (χ2n) is 3.79. The Labute approximate surface area is 107 Å². The highest BCUT2D eigenvalue weighted by molar-refractivity contribution is 9.10. The Morgan fingerprint density at radius 2 is 2.00 bits per heavy atom. The lowest BCUT2D eigenvalue weighted by atomic mass is 10.1. The number of aliphatic hydroxyl groups excluding tert-OH is 2. The summed E-state index contributed by atoms with van der Waals surface area (Å²) in [6, 6.07) is 0. The zero-order valence-corrected chi connectivity index (χ0v) is 11.7. The standard InChI is InChI=1S/C7H13BrN4O4S/c1-7(3-13,4-14)10-17(15,16)6-5(8)9-11-12(6)2/h10,13-14H,3-4H2,1-2H3. The molecule has 0 spiro atoms. The van der Waals surface area contributed by atoms with Crippen molar-refractivity contribution in [3.05, 3.63) is 4.60 Å². The third-order valence-electron chi connectivity index (χ3n) is 2.07. The van der Waals surface area contributed by atoms with Gasteiger partial charge in [0.05, 0.1) is 18.8 Å². The third-order valence-corrected chi connectivity index (χ3v) is 4.60. The van der Waals surface area contributed by atoms with Crippen LogP contribution in [0, 0.1) is 0 Å². The Morgan fingerprint density at radius 1 is 1.47 bits per heavy atom. The van der Waals surface area contributed by atoms with Gasteiger partial charge in [0.1, 0.15) is 0 Å². The summed E-state index contributed by atoms with van der Waals surface area (Å²) in [6.45, 7) is 0.305. The number of aromatic nitrogens is 3. The Kier molecular flexibility index (Phi) is 4.25. The molecule has 0 unspecified atom stereocenters. The first-order valence-electron chi connectivity index (χ1n) is 4.56. The van der Waals surface area contributed by atoms with Crippen LogP contribution in [0.2, 0.25) is 0 Å². The van der Waals surface area contributed by atoms with E-state index in [2.05, 4.69) is 31.0 Å². The van der Waals surface area contributed by atoms with Gasteiger partial charge in [-0.15, -0.1) is 5.10 Å². The van der Waals surface area contributed by atoms with Crippen molar-refractivity contribution in [1.29, 1.82) is 0 Å². The van der Waals surface area contributed by atoms with Crippen molar-refractivity contribution >= 4 is 26.0 Å². The van der Waals surface area contributed by atoms with E-state index in [1.54, 1.807) is 0 Å². The van der Waals surface area contributed by atoms with E-state index < -0.39 is 28.8 Å². The van der Waals surface area contributed by atoms with E-state index in [4.69, 9.17) is 10.2 Å². The number of halogens is 1. The minimum Gasteiger partial charge on any atom is -0.394 e. The van der Waals surface area contributed by atoms with Crippen LogP contribution in [0.3, 0.4) is 0 Å². The van der Waals surface area contributed by atoms with E-state index in [1.165, 1.54) is 14.0 Å². The summed E-state index contributed by atoms with van der Waals surface area (Å²) in [5.74, 6) is 0. The quantitative estimate of drug-likeness (QED) is 0.612. The summed E-state index contributed by atoms with van der Waals surface area (Å²) in [4.78, 5) is 0. The number of aryl methyl sites for hydroxylation is 1. The minimum atomic E-state index is -3.94. The van der Waals surface area contributed by atoms with Gasteiger partial charge in [0.15, 0.2) is 4.60 Å². The van der Waals surface area contributed by atoms with Gasteiger partial charge in [0, 0.05) is 7.05 Å². The molecule has 0 aliphatic carbocycles. The van der Waals surface area contributed by atoms with Crippen LogP contribution >= 0.6 is 15.9 Å². The summed E-state index contributed by atoms with van der Waals surface area (Å²) >= 11 is 2.97. The molecule has 0 radical (unpaired) electrons. The van der Waals surface area contributed by atoms with Crippen LogP contribution in [-0.4, -0.2) is 52.4 Å². The number of nitrogens with zero attached hydrogens (tertiary/aromatic N) is 3. The number of rotatable bonds is 5. The van der Waals surface area contributed by atoms with E-state index in [9.17, 15) is 8.42 Å². The maximum Gasteiger partial charge on any atom is 0.261 e. The zero-order chi connectivity index (χ0) is 13.3. The van der Waals surface area contributed by atoms with Crippen LogP contribution in [0.25, 0.3) is 0 Å². The molecule has 1 aromatic heterocycles. The summed E-state index contributed by atoms with van der Waals surface area (Å²) in [7, 11) is -2.52. The molecule has 0 atom stereocenters. The Hall–Kier alpha value is -0.550. The Bertz CT molecular complexity index is 476. The highest BCUT2D eigenvalue weighted by Gasteiger charge is 2.33. The van der Waals surface area contributed by atoms with Crippen molar-refractivity contribution in [1.82, 2.24) is 19.7 Å². The van der Waals surface area contributed by atoms with Gasteiger partial charge in [-0.05, 0) is 22.9 Å². The maximum absolute atomic E-state index is 12.0. The predicted molar refractivity (Wildman–Crippen MR) is 61.6 cm³/mol. The van der Waals surface area contributed by atoms with E-state index >= 15 is 0 Å². The number of aliphatic hydroxyl groups is 2. The summed E-state index contributed by atoms with van der Waals surface area (Å²) < 4.78 is 27.3. The molecule has 0 aromatic carbocycles. The summed E-state index contributed by atoms with van der Waals surface area (Å²) in [5, 5.41) is 25.0. The van der Waals surface area contributed by atoms with Crippen molar-refractivity contribution in [3.63, 3.8) is 0 Å². The first-order valence-corrected chi connectivity index (χ1v) is 6.84. The molecular formula is C7H13BrN4O4S. The molecule has 0 aliphatic heterocycles. The summed E-state index contributed by atoms with van der Waals surface area (Å²) in [5.41, 5.74) is -1.34. The molecule has 3 N–H and O–H groups in total. The smallest absolute Gasteiger partial charge is 0.261 e. The first kappa shape index (κ1) is 14.5. The normalized spacial score (nSPS) is 13.0. The van der Waals surface area contributed by atoms with Crippen LogP contribution in [0.4, 0.5) is 0 Å². The number of hydrogen-bond acceptors (Lipinski definition) is 6. The van der Waals surface area contributed by atoms with Crippen molar-refractivity contribution in [2.75, 3.05) is 13.2 Å². The van der Waals surface area contributed by atoms with Gasteiger partial charge in [-0.1, -0.05) is 5.21 Å². The lowest BCUT2D eigenvalue weighted by molar-refractivity contribution is 0.121. The molecule has 1 heterocycles. The van der Waals surface area contributed by atoms with Crippen LogP contribution in [-0.2, 0) is 17.1 Å². The molecule has 0 saturated heterocycles. The second kappa shape index (κ2) is 4.98. The van der Waals surface area contributed by atoms with Gasteiger partial charge in [-0.3, -0.25) is 0 Å². The molecule has 0 aliphatic rings. The first-order chi connectivity index (χ1) is 7.75. The van der Waals surface area contributed by atoms with Crippen LogP contribution < -0.4 is 4.72 Å². The minimum absolute atomic E-state index is 0.0609. The van der Waals surface area contributed by atoms with E-state index in [0.29, 0.717) is 0 Å². The maximum atomic E-state index is 12.0. The molecule has 0 fully saturated rings. The topological polar surface area (TPSA) is 117 Å². The summed E-state index contributed by atoms with van der Waals surface area (Å²) in [6.07, 6.45) is 0. The molecule has 1 aromatic rings. The van der Waals surface area contributed by atoms with Crippen LogP contribution in [0.5, 0.6) is 0 Å². The van der Waals surface area contributed by atoms with Crippen molar-refractivity contribution in [2.24, 2.45) is 7.05 Å². The average Bonchev–Trinajstić information content (AvgIpc) is 2.58. The van der Waals surface area contributed by atoms with Gasteiger partial charge in [0.25, 0.3) is 10.0 Å². The molecule has 17 heavy (non-hydrogen) atoms. The predicted octanol–water partition coefficient (Wildman–Crippen LogP) is -1.40. The Morgan fingerprint density at radius 3 is 2.35 bits per heavy atom. The molecule has 98 valence electrons. The molecule has 10 heteroatoms. The van der Waals surface area contributed by atoms with Gasteiger partial charge in [-0.25, -0.2) is 13.1 Å². The molecule has 1 rings (SSSR count). The highest BCUT2D eigenvalue weighted by atomic mass is 79.9. The monoisotopic (exact) mass is 328 g/mol. The van der Waals surface area contributed by atoms with Crippen LogP contribution in [0.15, 0.2) is 9.63 Å². The second-order valence-corrected chi connectivity index (χ2v) is 6.14. The van der Waals surface area contributed by atoms with E-state index in [0.717, 1.165) is 4.68 Å². The van der Waals surface area contributed by atoms with Crippen LogP contribution in [0.1, 0.15) is 6.92 Å². The largest absolute Gasteiger partial charge is 0.394 e. The number of nitrogens with one attached hydrogen (secondary N) is 1. The van der Waals surface area contributed by atoms with Crippen molar-refractivity contribution in [2.45, 2.75) is 17.5 Å². The fraction of sp³-hybridized carbons (Fsp3) is 0.714. The fourth-order valence-electron chi connectivity index (χ4n) is 1.10. The number of sulfonamides is 1. The fourth-order valence-corrected chi connectivity index (χ4v) is 3.58. The van der Waals surface area contributed by atoms with Gasteiger partial charge in [-0.2, -0.15) is 4.72 Å². The molecule has 0 bridgehead atoms. The highest BCUT2D eigenvalue weighted by Crippen LogP contribution is 2.19. The number of hydrogen-bond donors (Lipinski definition) is 3. The lowest BCUT2D eigenvalue weighted by Gasteiger charge is -2.25.